The van der Waals surface area contributed by atoms with E-state index < -0.39 is 0 Å². The first-order chi connectivity index (χ1) is 12.5. The molecule has 0 atom stereocenters. The van der Waals surface area contributed by atoms with Crippen molar-refractivity contribution in [2.75, 3.05) is 6.61 Å². The summed E-state index contributed by atoms with van der Waals surface area (Å²) in [5.41, 5.74) is 0.0315. The van der Waals surface area contributed by atoms with Crippen LogP contribution < -0.4 is 0 Å². The molecule has 2 rings (SSSR count). The Labute approximate surface area is 160 Å². The smallest absolute Gasteiger partial charge is 0.312 e. The van der Waals surface area contributed by atoms with Crippen molar-refractivity contribution >= 4 is 11.8 Å². The summed E-state index contributed by atoms with van der Waals surface area (Å²) in [6.07, 6.45) is 19.5. The molecule has 0 heterocycles. The lowest BCUT2D eigenvalue weighted by Crippen LogP contribution is -2.18. The van der Waals surface area contributed by atoms with Crippen LogP contribution in [-0.2, 0) is 14.3 Å². The van der Waals surface area contributed by atoms with Gasteiger partial charge in [0.1, 0.15) is 5.78 Å². The number of rotatable bonds is 16. The van der Waals surface area contributed by atoms with Crippen LogP contribution in [0.4, 0.5) is 0 Å². The van der Waals surface area contributed by atoms with Crippen molar-refractivity contribution in [3.05, 3.63) is 0 Å². The number of unbranched alkanes of at least 4 members (excludes halogenated alkanes) is 9. The molecule has 0 bridgehead atoms. The van der Waals surface area contributed by atoms with Crippen LogP contribution in [0.3, 0.4) is 0 Å². The molecule has 2 aliphatic carbocycles. The maximum Gasteiger partial charge on any atom is 0.312 e. The quantitative estimate of drug-likeness (QED) is 0.236. The summed E-state index contributed by atoms with van der Waals surface area (Å²) >= 11 is 0. The van der Waals surface area contributed by atoms with Crippen molar-refractivity contribution in [1.29, 1.82) is 0 Å². The second-order valence-electron chi connectivity index (χ2n) is 8.87. The first-order valence-corrected chi connectivity index (χ1v) is 11.2. The zero-order valence-electron chi connectivity index (χ0n) is 17.2. The highest BCUT2D eigenvalue weighted by atomic mass is 16.5. The fourth-order valence-corrected chi connectivity index (χ4v) is 4.26. The third-order valence-electron chi connectivity index (χ3n) is 6.72. The first-order valence-electron chi connectivity index (χ1n) is 11.2. The van der Waals surface area contributed by atoms with Crippen molar-refractivity contribution < 1.29 is 14.3 Å². The Morgan fingerprint density at radius 1 is 0.692 bits per heavy atom. The Kier molecular flexibility index (Phi) is 8.63. The Balaban J connectivity index is 1.33. The molecule has 0 N–H and O–H groups in total. The monoisotopic (exact) mass is 364 g/mol. The minimum atomic E-state index is -0.0859. The number of ketones is 1. The molecular formula is C23H40O3. The van der Waals surface area contributed by atoms with Crippen molar-refractivity contribution in [2.24, 2.45) is 10.8 Å². The average molecular weight is 365 g/mol. The SMILES string of the molecule is CCOC(=O)C1(CCCCCCCCCCCCC2(C(C)=O)CC2)CC1. The summed E-state index contributed by atoms with van der Waals surface area (Å²) in [6, 6.07) is 0. The van der Waals surface area contributed by atoms with Gasteiger partial charge in [-0.2, -0.15) is 0 Å². The maximum absolute atomic E-state index is 11.9. The zero-order valence-corrected chi connectivity index (χ0v) is 17.2. The van der Waals surface area contributed by atoms with Crippen molar-refractivity contribution in [3.63, 3.8) is 0 Å². The molecule has 0 radical (unpaired) electrons. The van der Waals surface area contributed by atoms with Crippen LogP contribution in [0.15, 0.2) is 0 Å². The molecule has 2 aliphatic rings. The Hall–Kier alpha value is -0.860. The van der Waals surface area contributed by atoms with E-state index in [9.17, 15) is 9.59 Å². The van der Waals surface area contributed by atoms with E-state index in [2.05, 4.69) is 0 Å². The molecule has 0 aromatic heterocycles. The molecule has 0 unspecified atom stereocenters. The fraction of sp³-hybridized carbons (Fsp3) is 0.913. The first kappa shape index (κ1) is 21.4. The van der Waals surface area contributed by atoms with E-state index >= 15 is 0 Å². The third-order valence-corrected chi connectivity index (χ3v) is 6.72. The summed E-state index contributed by atoms with van der Waals surface area (Å²) in [5.74, 6) is 0.475. The molecule has 0 aliphatic heterocycles. The second-order valence-corrected chi connectivity index (χ2v) is 8.87. The van der Waals surface area contributed by atoms with Gasteiger partial charge in [0.15, 0.2) is 0 Å². The topological polar surface area (TPSA) is 43.4 Å². The van der Waals surface area contributed by atoms with Crippen molar-refractivity contribution in [3.8, 4) is 0 Å². The van der Waals surface area contributed by atoms with E-state index in [1.165, 1.54) is 64.2 Å². The number of hydrogen-bond donors (Lipinski definition) is 0. The van der Waals surface area contributed by atoms with E-state index in [0.29, 0.717) is 12.4 Å². The molecule has 2 fully saturated rings. The summed E-state index contributed by atoms with van der Waals surface area (Å²) in [5, 5.41) is 0. The third kappa shape index (κ3) is 6.70. The molecule has 0 aromatic carbocycles. The van der Waals surface area contributed by atoms with Gasteiger partial charge in [-0.05, 0) is 52.4 Å². The molecule has 2 saturated carbocycles. The number of Topliss-reactive ketones (excluding diaryl/α,β-unsaturated/α-hetero) is 1. The Morgan fingerprint density at radius 3 is 1.42 bits per heavy atom. The molecule has 3 heteroatoms. The lowest BCUT2D eigenvalue weighted by atomic mass is 9.94. The van der Waals surface area contributed by atoms with E-state index in [-0.39, 0.29) is 16.8 Å². The van der Waals surface area contributed by atoms with Crippen LogP contribution in [0, 0.1) is 10.8 Å². The lowest BCUT2D eigenvalue weighted by molar-refractivity contribution is -0.150. The van der Waals surface area contributed by atoms with Gasteiger partial charge < -0.3 is 4.74 Å². The van der Waals surface area contributed by atoms with E-state index in [4.69, 9.17) is 4.74 Å². The van der Waals surface area contributed by atoms with Crippen LogP contribution in [0.5, 0.6) is 0 Å². The highest BCUT2D eigenvalue weighted by Crippen LogP contribution is 2.51. The predicted octanol–water partition coefficient (Wildman–Crippen LogP) is 6.38. The Morgan fingerprint density at radius 2 is 1.08 bits per heavy atom. The van der Waals surface area contributed by atoms with Gasteiger partial charge in [-0.1, -0.05) is 64.2 Å². The molecule has 0 amide bonds. The number of ether oxygens (including phenoxy) is 1. The van der Waals surface area contributed by atoms with Gasteiger partial charge in [0.2, 0.25) is 0 Å². The number of carbonyl (C=O) groups excluding carboxylic acids is 2. The molecule has 0 aromatic rings. The lowest BCUT2D eigenvalue weighted by Gasteiger charge is -2.13. The molecule has 150 valence electrons. The molecular weight excluding hydrogens is 324 g/mol. The molecule has 26 heavy (non-hydrogen) atoms. The minimum Gasteiger partial charge on any atom is -0.466 e. The Bertz CT molecular complexity index is 446. The maximum atomic E-state index is 11.9. The summed E-state index contributed by atoms with van der Waals surface area (Å²) in [7, 11) is 0. The molecule has 0 spiro atoms. The summed E-state index contributed by atoms with van der Waals surface area (Å²) in [6.45, 7) is 4.18. The zero-order chi connectivity index (χ0) is 18.9. The normalized spacial score (nSPS) is 19.2. The predicted molar refractivity (Wildman–Crippen MR) is 106 cm³/mol. The van der Waals surface area contributed by atoms with Gasteiger partial charge in [0.05, 0.1) is 12.0 Å². The van der Waals surface area contributed by atoms with Crippen LogP contribution in [0.25, 0.3) is 0 Å². The highest BCUT2D eigenvalue weighted by molar-refractivity contribution is 5.84. The van der Waals surface area contributed by atoms with E-state index in [1.54, 1.807) is 6.92 Å². The van der Waals surface area contributed by atoms with E-state index in [1.807, 2.05) is 6.92 Å². The van der Waals surface area contributed by atoms with Crippen LogP contribution in [-0.4, -0.2) is 18.4 Å². The van der Waals surface area contributed by atoms with E-state index in [0.717, 1.165) is 38.5 Å². The molecule has 3 nitrogen and oxygen atoms in total. The fourth-order valence-electron chi connectivity index (χ4n) is 4.26. The number of esters is 1. The summed E-state index contributed by atoms with van der Waals surface area (Å²) in [4.78, 5) is 23.4. The van der Waals surface area contributed by atoms with Gasteiger partial charge in [-0.15, -0.1) is 0 Å². The average Bonchev–Trinajstić information content (AvgIpc) is 3.52. The van der Waals surface area contributed by atoms with Crippen LogP contribution in [0.1, 0.15) is 117 Å². The van der Waals surface area contributed by atoms with Gasteiger partial charge in [0.25, 0.3) is 0 Å². The van der Waals surface area contributed by atoms with Gasteiger partial charge in [-0.3, -0.25) is 9.59 Å². The second kappa shape index (κ2) is 10.5. The van der Waals surface area contributed by atoms with Crippen molar-refractivity contribution in [1.82, 2.24) is 0 Å². The van der Waals surface area contributed by atoms with Crippen LogP contribution >= 0.6 is 0 Å². The highest BCUT2D eigenvalue weighted by Gasteiger charge is 2.50. The minimum absolute atomic E-state index is 0.0518. The van der Waals surface area contributed by atoms with Crippen LogP contribution in [0.2, 0.25) is 0 Å². The van der Waals surface area contributed by atoms with Gasteiger partial charge in [-0.25, -0.2) is 0 Å². The number of carbonyl (C=O) groups is 2. The number of hydrogen-bond acceptors (Lipinski definition) is 3. The van der Waals surface area contributed by atoms with Gasteiger partial charge >= 0.3 is 5.97 Å². The summed E-state index contributed by atoms with van der Waals surface area (Å²) < 4.78 is 5.20. The standard InChI is InChI=1S/C23H40O3/c1-3-26-21(25)23(18-19-23)15-13-11-9-7-5-4-6-8-10-12-14-22(16-17-22)20(2)24/h3-19H2,1-2H3. The van der Waals surface area contributed by atoms with Crippen molar-refractivity contribution in [2.45, 2.75) is 117 Å². The largest absolute Gasteiger partial charge is 0.466 e. The van der Waals surface area contributed by atoms with Gasteiger partial charge in [0, 0.05) is 5.41 Å². The molecule has 0 saturated heterocycles.